The van der Waals surface area contributed by atoms with E-state index in [4.69, 9.17) is 0 Å². The highest BCUT2D eigenvalue weighted by Gasteiger charge is 2.22. The van der Waals surface area contributed by atoms with Gasteiger partial charge in [-0.1, -0.05) is 62.8 Å². The molecule has 106 valence electrons. The van der Waals surface area contributed by atoms with E-state index in [1.165, 1.54) is 37.7 Å². The monoisotopic (exact) mass is 259 g/mol. The van der Waals surface area contributed by atoms with Crippen LogP contribution in [0.25, 0.3) is 6.08 Å². The van der Waals surface area contributed by atoms with E-state index in [1.54, 1.807) is 0 Å². The van der Waals surface area contributed by atoms with E-state index in [0.717, 1.165) is 12.1 Å². The number of benzene rings is 1. The molecule has 0 aromatic heterocycles. The quantitative estimate of drug-likeness (QED) is 0.755. The van der Waals surface area contributed by atoms with Gasteiger partial charge in [-0.15, -0.1) is 0 Å². The smallest absolute Gasteiger partial charge is 0.00708 e. The molecule has 0 radical (unpaired) electrons. The second-order valence-corrected chi connectivity index (χ2v) is 5.25. The first-order valence-electron chi connectivity index (χ1n) is 7.73. The van der Waals surface area contributed by atoms with E-state index in [-0.39, 0.29) is 0 Å². The van der Waals surface area contributed by atoms with Gasteiger partial charge in [0, 0.05) is 12.1 Å². The molecule has 0 aliphatic heterocycles. The lowest BCUT2D eigenvalue weighted by Gasteiger charge is -2.14. The molecule has 2 rings (SSSR count). The summed E-state index contributed by atoms with van der Waals surface area (Å²) < 4.78 is 0. The van der Waals surface area contributed by atoms with Crippen molar-refractivity contribution >= 4 is 6.08 Å². The Kier molecular flexibility index (Phi) is 8.24. The van der Waals surface area contributed by atoms with E-state index >= 15 is 0 Å². The molecule has 0 bridgehead atoms. The van der Waals surface area contributed by atoms with Gasteiger partial charge in [0.05, 0.1) is 0 Å². The second-order valence-electron chi connectivity index (χ2n) is 5.25. The molecule has 19 heavy (non-hydrogen) atoms. The molecule has 1 fully saturated rings. The topological polar surface area (TPSA) is 12.0 Å². The summed E-state index contributed by atoms with van der Waals surface area (Å²) in [4.78, 5) is 0. The van der Waals surface area contributed by atoms with Gasteiger partial charge in [-0.05, 0) is 38.2 Å². The molecule has 1 heteroatoms. The Labute approximate surface area is 119 Å². The van der Waals surface area contributed by atoms with Crippen LogP contribution in [0.5, 0.6) is 0 Å². The largest absolute Gasteiger partial charge is 0.311 e. The number of rotatable bonds is 6. The zero-order chi connectivity index (χ0) is 13.9. The zero-order valence-corrected chi connectivity index (χ0v) is 12.7. The number of hydrogen-bond donors (Lipinski definition) is 1. The molecule has 1 unspecified atom stereocenters. The Hall–Kier alpha value is -1.08. The van der Waals surface area contributed by atoms with Gasteiger partial charge in [-0.25, -0.2) is 0 Å². The maximum absolute atomic E-state index is 3.64. The highest BCUT2D eigenvalue weighted by atomic mass is 15.0. The molecule has 0 saturated heterocycles. The Balaban J connectivity index is 0.000000191. The summed E-state index contributed by atoms with van der Waals surface area (Å²) >= 11 is 0. The fraction of sp³-hybridized carbons (Fsp3) is 0.556. The summed E-state index contributed by atoms with van der Waals surface area (Å²) in [7, 11) is 0. The number of hydrogen-bond acceptors (Lipinski definition) is 1. The van der Waals surface area contributed by atoms with Gasteiger partial charge in [0.2, 0.25) is 0 Å². The van der Waals surface area contributed by atoms with E-state index in [0.29, 0.717) is 0 Å². The van der Waals surface area contributed by atoms with Crippen LogP contribution < -0.4 is 5.32 Å². The molecule has 1 atom stereocenters. The molecular weight excluding hydrogens is 230 g/mol. The molecular formula is C18H29N. The first-order chi connectivity index (χ1) is 9.30. The summed E-state index contributed by atoms with van der Waals surface area (Å²) in [6.45, 7) is 6.56. The van der Waals surface area contributed by atoms with Crippen LogP contribution in [0.2, 0.25) is 0 Å². The molecule has 1 aliphatic carbocycles. The van der Waals surface area contributed by atoms with Crippen molar-refractivity contribution in [2.75, 3.05) is 0 Å². The van der Waals surface area contributed by atoms with Gasteiger partial charge in [0.15, 0.2) is 0 Å². The predicted octanol–water partition coefficient (Wildman–Crippen LogP) is 5.04. The van der Waals surface area contributed by atoms with Crippen molar-refractivity contribution in [1.29, 1.82) is 0 Å². The molecule has 1 saturated carbocycles. The third kappa shape index (κ3) is 7.84. The van der Waals surface area contributed by atoms with Crippen LogP contribution in [-0.4, -0.2) is 12.1 Å². The summed E-state index contributed by atoms with van der Waals surface area (Å²) in [6, 6.07) is 12.0. The average molecular weight is 259 g/mol. The summed E-state index contributed by atoms with van der Waals surface area (Å²) in [5.41, 5.74) is 1.26. The van der Waals surface area contributed by atoms with Crippen LogP contribution >= 0.6 is 0 Å². The molecule has 0 heterocycles. The second kappa shape index (κ2) is 9.80. The third-order valence-corrected chi connectivity index (χ3v) is 3.34. The minimum atomic E-state index is 0.803. The fourth-order valence-corrected chi connectivity index (χ4v) is 2.09. The van der Waals surface area contributed by atoms with E-state index in [9.17, 15) is 0 Å². The normalized spacial score (nSPS) is 15.9. The van der Waals surface area contributed by atoms with Crippen molar-refractivity contribution in [3.05, 3.63) is 42.0 Å². The zero-order valence-electron chi connectivity index (χ0n) is 12.7. The SMILES string of the molecule is C/C=C\c1ccccc1.CCCC(CC)NC1CC1. The van der Waals surface area contributed by atoms with Gasteiger partial charge < -0.3 is 5.32 Å². The first kappa shape index (κ1) is 16.0. The minimum Gasteiger partial charge on any atom is -0.311 e. The molecule has 1 aromatic carbocycles. The average Bonchev–Trinajstić information content (AvgIpc) is 3.25. The van der Waals surface area contributed by atoms with Crippen LogP contribution in [0.15, 0.2) is 36.4 Å². The first-order valence-corrected chi connectivity index (χ1v) is 7.73. The van der Waals surface area contributed by atoms with Crippen molar-refractivity contribution in [1.82, 2.24) is 5.32 Å². The number of allylic oxidation sites excluding steroid dienone is 1. The summed E-state index contributed by atoms with van der Waals surface area (Å²) in [5.74, 6) is 0. The third-order valence-electron chi connectivity index (χ3n) is 3.34. The van der Waals surface area contributed by atoms with E-state index in [1.807, 2.05) is 31.2 Å². The van der Waals surface area contributed by atoms with Crippen molar-refractivity contribution < 1.29 is 0 Å². The maximum atomic E-state index is 3.64. The Morgan fingerprint density at radius 2 is 1.89 bits per heavy atom. The van der Waals surface area contributed by atoms with Gasteiger partial charge in [-0.3, -0.25) is 0 Å². The fourth-order valence-electron chi connectivity index (χ4n) is 2.09. The highest BCUT2D eigenvalue weighted by Crippen LogP contribution is 2.20. The van der Waals surface area contributed by atoms with Crippen LogP contribution in [0.3, 0.4) is 0 Å². The molecule has 0 amide bonds. The van der Waals surface area contributed by atoms with Crippen molar-refractivity contribution in [2.24, 2.45) is 0 Å². The van der Waals surface area contributed by atoms with Gasteiger partial charge >= 0.3 is 0 Å². The molecule has 1 N–H and O–H groups in total. The lowest BCUT2D eigenvalue weighted by molar-refractivity contribution is 0.461. The van der Waals surface area contributed by atoms with E-state index in [2.05, 4.69) is 37.4 Å². The maximum Gasteiger partial charge on any atom is 0.00708 e. The Bertz CT molecular complexity index is 338. The summed E-state index contributed by atoms with van der Waals surface area (Å²) in [6.07, 6.45) is 10.9. The van der Waals surface area contributed by atoms with Crippen molar-refractivity contribution in [2.45, 2.75) is 65.0 Å². The molecule has 0 spiro atoms. The highest BCUT2D eigenvalue weighted by molar-refractivity contribution is 5.47. The number of nitrogens with one attached hydrogen (secondary N) is 1. The standard InChI is InChI=1S/C9H19N.C9H10/c1-3-5-8(4-2)10-9-6-7-9;1-2-6-9-7-4-3-5-8-9/h8-10H,3-7H2,1-2H3;2-8H,1H3/b;6-2-. The van der Waals surface area contributed by atoms with Crippen LogP contribution in [-0.2, 0) is 0 Å². The summed E-state index contributed by atoms with van der Waals surface area (Å²) in [5, 5.41) is 3.64. The Morgan fingerprint density at radius 1 is 1.21 bits per heavy atom. The van der Waals surface area contributed by atoms with Crippen LogP contribution in [0.4, 0.5) is 0 Å². The Morgan fingerprint density at radius 3 is 2.37 bits per heavy atom. The molecule has 1 aromatic rings. The lowest BCUT2D eigenvalue weighted by atomic mass is 10.1. The van der Waals surface area contributed by atoms with Gasteiger partial charge in [0.1, 0.15) is 0 Å². The van der Waals surface area contributed by atoms with Gasteiger partial charge in [-0.2, -0.15) is 0 Å². The minimum absolute atomic E-state index is 0.803. The van der Waals surface area contributed by atoms with Gasteiger partial charge in [0.25, 0.3) is 0 Å². The molecule has 1 aliphatic rings. The lowest BCUT2D eigenvalue weighted by Crippen LogP contribution is -2.29. The van der Waals surface area contributed by atoms with Crippen molar-refractivity contribution in [3.63, 3.8) is 0 Å². The van der Waals surface area contributed by atoms with Crippen LogP contribution in [0, 0.1) is 0 Å². The molecule has 1 nitrogen and oxygen atoms in total. The van der Waals surface area contributed by atoms with E-state index < -0.39 is 0 Å². The van der Waals surface area contributed by atoms with Crippen LogP contribution in [0.1, 0.15) is 58.4 Å². The predicted molar refractivity (Wildman–Crippen MR) is 86.3 cm³/mol. The van der Waals surface area contributed by atoms with Crippen molar-refractivity contribution in [3.8, 4) is 0 Å².